The van der Waals surface area contributed by atoms with E-state index >= 15 is 0 Å². The Hall–Kier alpha value is -1.29. The summed E-state index contributed by atoms with van der Waals surface area (Å²) >= 11 is 12.0. The summed E-state index contributed by atoms with van der Waals surface area (Å²) in [5.41, 5.74) is 6.67. The van der Waals surface area contributed by atoms with Gasteiger partial charge in [-0.15, -0.1) is 0 Å². The highest BCUT2D eigenvalue weighted by molar-refractivity contribution is 6.32. The molecule has 0 saturated heterocycles. The fraction of sp³-hybridized carbons (Fsp3) is 0.143. The van der Waals surface area contributed by atoms with Gasteiger partial charge in [0.1, 0.15) is 17.3 Å². The first-order valence-corrected chi connectivity index (χ1v) is 6.41. The number of benzene rings is 2. The van der Waals surface area contributed by atoms with Crippen LogP contribution >= 0.6 is 23.2 Å². The molecule has 2 aromatic rings. The van der Waals surface area contributed by atoms with E-state index in [4.69, 9.17) is 33.7 Å². The summed E-state index contributed by atoms with van der Waals surface area (Å²) in [5, 5.41) is 0.613. The average Bonchev–Trinajstić information content (AvgIpc) is 2.34. The Balaban J connectivity index is 2.28. The molecule has 0 radical (unpaired) electrons. The van der Waals surface area contributed by atoms with Crippen molar-refractivity contribution in [2.75, 3.05) is 0 Å². The minimum absolute atomic E-state index is 0.110. The van der Waals surface area contributed by atoms with E-state index in [1.807, 2.05) is 13.0 Å². The molecule has 0 aliphatic carbocycles. The summed E-state index contributed by atoms with van der Waals surface area (Å²) < 4.78 is 18.5. The van der Waals surface area contributed by atoms with Gasteiger partial charge >= 0.3 is 0 Å². The Kier molecular flexibility index (Phi) is 4.30. The van der Waals surface area contributed by atoms with Crippen molar-refractivity contribution in [2.45, 2.75) is 13.0 Å². The van der Waals surface area contributed by atoms with Gasteiger partial charge in [0, 0.05) is 6.04 Å². The molecule has 0 bridgehead atoms. The van der Waals surface area contributed by atoms with E-state index in [9.17, 15) is 4.39 Å². The molecule has 2 rings (SSSR count). The standard InChI is InChI=1S/C14H12Cl2FNO/c1-8(18)9-2-4-13(11(15)6-9)19-14-5-3-10(17)7-12(14)16/h2-8H,18H2,1H3/t8-/m1/s1. The highest BCUT2D eigenvalue weighted by atomic mass is 35.5. The molecule has 2 aromatic carbocycles. The lowest BCUT2D eigenvalue weighted by Gasteiger charge is -2.11. The molecule has 0 amide bonds. The van der Waals surface area contributed by atoms with E-state index in [1.54, 1.807) is 12.1 Å². The van der Waals surface area contributed by atoms with Crippen molar-refractivity contribution in [3.8, 4) is 11.5 Å². The van der Waals surface area contributed by atoms with Crippen molar-refractivity contribution >= 4 is 23.2 Å². The van der Waals surface area contributed by atoms with Crippen LogP contribution in [0.1, 0.15) is 18.5 Å². The second kappa shape index (κ2) is 5.78. The van der Waals surface area contributed by atoms with Crippen LogP contribution < -0.4 is 10.5 Å². The van der Waals surface area contributed by atoms with Crippen LogP contribution in [0.5, 0.6) is 11.5 Å². The largest absolute Gasteiger partial charge is 0.454 e. The molecule has 2 nitrogen and oxygen atoms in total. The van der Waals surface area contributed by atoms with Crippen molar-refractivity contribution in [1.82, 2.24) is 0 Å². The Morgan fingerprint density at radius 1 is 1.05 bits per heavy atom. The molecule has 0 heterocycles. The molecular weight excluding hydrogens is 288 g/mol. The summed E-state index contributed by atoms with van der Waals surface area (Å²) in [5.74, 6) is 0.369. The number of ether oxygens (including phenoxy) is 1. The Bertz CT molecular complexity index is 602. The fourth-order valence-electron chi connectivity index (χ4n) is 1.56. The van der Waals surface area contributed by atoms with Crippen molar-refractivity contribution in [2.24, 2.45) is 5.73 Å². The number of nitrogens with two attached hydrogens (primary N) is 1. The fourth-order valence-corrected chi connectivity index (χ4v) is 1.99. The molecule has 0 aliphatic heterocycles. The highest BCUT2D eigenvalue weighted by Crippen LogP contribution is 2.34. The third kappa shape index (κ3) is 3.38. The summed E-state index contributed by atoms with van der Waals surface area (Å²) in [7, 11) is 0. The molecule has 5 heteroatoms. The minimum Gasteiger partial charge on any atom is -0.454 e. The van der Waals surface area contributed by atoms with Gasteiger partial charge in [0.2, 0.25) is 0 Å². The third-order valence-corrected chi connectivity index (χ3v) is 3.19. The van der Waals surface area contributed by atoms with E-state index < -0.39 is 5.82 Å². The zero-order chi connectivity index (χ0) is 14.0. The first-order valence-electron chi connectivity index (χ1n) is 5.65. The van der Waals surface area contributed by atoms with E-state index in [0.29, 0.717) is 16.5 Å². The summed E-state index contributed by atoms with van der Waals surface area (Å²) in [4.78, 5) is 0. The van der Waals surface area contributed by atoms with Crippen LogP contribution in [0.15, 0.2) is 36.4 Å². The zero-order valence-electron chi connectivity index (χ0n) is 10.2. The van der Waals surface area contributed by atoms with Gasteiger partial charge in [-0.25, -0.2) is 4.39 Å². The molecule has 0 unspecified atom stereocenters. The SMILES string of the molecule is C[C@@H](N)c1ccc(Oc2ccc(F)cc2Cl)c(Cl)c1. The monoisotopic (exact) mass is 299 g/mol. The highest BCUT2D eigenvalue weighted by Gasteiger charge is 2.09. The first kappa shape index (κ1) is 14.1. The molecular formula is C14H12Cl2FNO. The number of hydrogen-bond acceptors (Lipinski definition) is 2. The molecule has 0 aromatic heterocycles. The second-order valence-corrected chi connectivity index (χ2v) is 4.97. The topological polar surface area (TPSA) is 35.2 Å². The lowest BCUT2D eigenvalue weighted by Crippen LogP contribution is -2.04. The summed E-state index contributed by atoms with van der Waals surface area (Å²) in [6.45, 7) is 1.86. The molecule has 19 heavy (non-hydrogen) atoms. The van der Waals surface area contributed by atoms with Crippen molar-refractivity contribution in [1.29, 1.82) is 0 Å². The van der Waals surface area contributed by atoms with Gasteiger partial charge in [0.15, 0.2) is 0 Å². The van der Waals surface area contributed by atoms with E-state index in [2.05, 4.69) is 0 Å². The van der Waals surface area contributed by atoms with Crippen LogP contribution in [0, 0.1) is 5.82 Å². The number of hydrogen-bond donors (Lipinski definition) is 1. The lowest BCUT2D eigenvalue weighted by molar-refractivity contribution is 0.480. The van der Waals surface area contributed by atoms with E-state index in [1.165, 1.54) is 18.2 Å². The Morgan fingerprint density at radius 2 is 1.63 bits per heavy atom. The maximum atomic E-state index is 12.9. The number of rotatable bonds is 3. The van der Waals surface area contributed by atoms with Crippen LogP contribution in [0.25, 0.3) is 0 Å². The average molecular weight is 300 g/mol. The normalized spacial score (nSPS) is 12.3. The van der Waals surface area contributed by atoms with Crippen molar-refractivity contribution < 1.29 is 9.13 Å². The predicted octanol–water partition coefficient (Wildman–Crippen LogP) is 4.94. The predicted molar refractivity (Wildman–Crippen MR) is 75.5 cm³/mol. The van der Waals surface area contributed by atoms with Crippen molar-refractivity contribution in [3.05, 3.63) is 57.8 Å². The van der Waals surface area contributed by atoms with Gasteiger partial charge in [0.25, 0.3) is 0 Å². The Morgan fingerprint density at radius 3 is 2.16 bits per heavy atom. The minimum atomic E-state index is -0.421. The smallest absolute Gasteiger partial charge is 0.146 e. The van der Waals surface area contributed by atoms with Gasteiger partial charge in [-0.05, 0) is 42.8 Å². The van der Waals surface area contributed by atoms with E-state index in [-0.39, 0.29) is 11.1 Å². The number of halogens is 3. The van der Waals surface area contributed by atoms with Crippen LogP contribution in [0.2, 0.25) is 10.0 Å². The molecule has 1 atom stereocenters. The zero-order valence-corrected chi connectivity index (χ0v) is 11.7. The quantitative estimate of drug-likeness (QED) is 0.871. The first-order chi connectivity index (χ1) is 8.97. The van der Waals surface area contributed by atoms with Crippen LogP contribution in [0.3, 0.4) is 0 Å². The molecule has 0 spiro atoms. The van der Waals surface area contributed by atoms with Crippen LogP contribution in [-0.2, 0) is 0 Å². The van der Waals surface area contributed by atoms with E-state index in [0.717, 1.165) is 5.56 Å². The molecule has 100 valence electrons. The third-order valence-electron chi connectivity index (χ3n) is 2.60. The van der Waals surface area contributed by atoms with Crippen molar-refractivity contribution in [3.63, 3.8) is 0 Å². The molecule has 0 aliphatic rings. The lowest BCUT2D eigenvalue weighted by atomic mass is 10.1. The van der Waals surface area contributed by atoms with Gasteiger partial charge in [0.05, 0.1) is 10.0 Å². The second-order valence-electron chi connectivity index (χ2n) is 4.16. The van der Waals surface area contributed by atoms with Crippen LogP contribution in [-0.4, -0.2) is 0 Å². The summed E-state index contributed by atoms with van der Waals surface area (Å²) in [6.07, 6.45) is 0. The maximum absolute atomic E-state index is 12.9. The van der Waals surface area contributed by atoms with Gasteiger partial charge in [-0.3, -0.25) is 0 Å². The van der Waals surface area contributed by atoms with Gasteiger partial charge in [-0.2, -0.15) is 0 Å². The molecule has 0 saturated carbocycles. The molecule has 0 fully saturated rings. The van der Waals surface area contributed by atoms with Gasteiger partial charge in [-0.1, -0.05) is 29.3 Å². The van der Waals surface area contributed by atoms with Gasteiger partial charge < -0.3 is 10.5 Å². The summed E-state index contributed by atoms with van der Waals surface area (Å²) in [6, 6.07) is 9.06. The molecule has 2 N–H and O–H groups in total. The van der Waals surface area contributed by atoms with Crippen LogP contribution in [0.4, 0.5) is 4.39 Å². The maximum Gasteiger partial charge on any atom is 0.146 e. The Labute approximate surface area is 120 Å².